The van der Waals surface area contributed by atoms with Crippen molar-refractivity contribution >= 4 is 23.0 Å². The van der Waals surface area contributed by atoms with Gasteiger partial charge in [-0.2, -0.15) is 0 Å². The minimum absolute atomic E-state index is 0.153. The van der Waals surface area contributed by atoms with Crippen LogP contribution in [0.25, 0.3) is 0 Å². The number of nitrogens with zero attached hydrogens (tertiary/aromatic N) is 2. The van der Waals surface area contributed by atoms with Crippen LogP contribution in [0.1, 0.15) is 18.5 Å². The Morgan fingerprint density at radius 1 is 1.00 bits per heavy atom. The Morgan fingerprint density at radius 2 is 1.64 bits per heavy atom. The van der Waals surface area contributed by atoms with Gasteiger partial charge in [-0.3, -0.25) is 4.90 Å². The molecule has 2 aromatic carbocycles. The van der Waals surface area contributed by atoms with Crippen molar-refractivity contribution in [3.05, 3.63) is 60.2 Å². The molecule has 0 bridgehead atoms. The summed E-state index contributed by atoms with van der Waals surface area (Å²) < 4.78 is 5.41. The van der Waals surface area contributed by atoms with Crippen LogP contribution in [0, 0.1) is 0 Å². The topological polar surface area (TPSA) is 39.8 Å². The van der Waals surface area contributed by atoms with Crippen molar-refractivity contribution in [1.82, 2.24) is 15.1 Å². The summed E-state index contributed by atoms with van der Waals surface area (Å²) in [6, 6.07) is 18.9. The second kappa shape index (κ2) is 9.87. The molecule has 1 heterocycles. The summed E-state index contributed by atoms with van der Waals surface area (Å²) >= 11 is 5.60. The maximum absolute atomic E-state index is 5.60. The van der Waals surface area contributed by atoms with Gasteiger partial charge >= 0.3 is 0 Å². The average molecular weight is 399 g/mol. The van der Waals surface area contributed by atoms with Crippen LogP contribution >= 0.6 is 12.2 Å². The van der Waals surface area contributed by atoms with E-state index in [1.807, 2.05) is 24.3 Å². The highest BCUT2D eigenvalue weighted by molar-refractivity contribution is 7.80. The standard InChI is InChI=1S/C22H30N4OS/c1-17(23-22(28)24-19-11-7-8-12-20(19)27-3)21(18-9-5-4-6-10-18)26-15-13-25(2)14-16-26/h4-12,17,21H,13-16H2,1-3H3,(H2,23,24,28)/t17-,21-/m0/s1. The molecule has 1 fully saturated rings. The highest BCUT2D eigenvalue weighted by Gasteiger charge is 2.28. The van der Waals surface area contributed by atoms with Crippen LogP contribution in [0.4, 0.5) is 5.69 Å². The van der Waals surface area contributed by atoms with E-state index in [4.69, 9.17) is 17.0 Å². The third-order valence-electron chi connectivity index (χ3n) is 5.26. The normalized spacial score (nSPS) is 17.5. The Hall–Kier alpha value is -2.15. The second-order valence-electron chi connectivity index (χ2n) is 7.28. The van der Waals surface area contributed by atoms with E-state index in [0.29, 0.717) is 5.11 Å². The number of para-hydroxylation sites is 2. The third kappa shape index (κ3) is 5.22. The molecule has 0 unspecified atom stereocenters. The highest BCUT2D eigenvalue weighted by atomic mass is 32.1. The summed E-state index contributed by atoms with van der Waals surface area (Å²) in [4.78, 5) is 4.93. The van der Waals surface area contributed by atoms with E-state index >= 15 is 0 Å². The second-order valence-corrected chi connectivity index (χ2v) is 7.69. The van der Waals surface area contributed by atoms with Crippen LogP contribution in [0.3, 0.4) is 0 Å². The molecule has 1 aliphatic rings. The molecule has 0 spiro atoms. The summed E-state index contributed by atoms with van der Waals surface area (Å²) in [5.41, 5.74) is 2.18. The Bertz CT molecular complexity index is 762. The van der Waals surface area contributed by atoms with Crippen LogP contribution in [0.15, 0.2) is 54.6 Å². The Labute approximate surface area is 173 Å². The molecule has 2 N–H and O–H groups in total. The van der Waals surface area contributed by atoms with Gasteiger partial charge in [-0.15, -0.1) is 0 Å². The molecule has 6 heteroatoms. The minimum Gasteiger partial charge on any atom is -0.495 e. The zero-order valence-electron chi connectivity index (χ0n) is 16.9. The summed E-state index contributed by atoms with van der Waals surface area (Å²) in [7, 11) is 3.85. The number of hydrogen-bond acceptors (Lipinski definition) is 4. The van der Waals surface area contributed by atoms with Gasteiger partial charge in [0.25, 0.3) is 0 Å². The largest absolute Gasteiger partial charge is 0.495 e. The van der Waals surface area contributed by atoms with Crippen molar-refractivity contribution in [2.24, 2.45) is 0 Å². The summed E-state index contributed by atoms with van der Waals surface area (Å²) in [5.74, 6) is 0.776. The number of thiocarbonyl (C=S) groups is 1. The van der Waals surface area contributed by atoms with E-state index in [9.17, 15) is 0 Å². The van der Waals surface area contributed by atoms with E-state index < -0.39 is 0 Å². The lowest BCUT2D eigenvalue weighted by Crippen LogP contribution is -2.52. The van der Waals surface area contributed by atoms with Crippen molar-refractivity contribution in [1.29, 1.82) is 0 Å². The minimum atomic E-state index is 0.153. The first-order valence-corrected chi connectivity index (χ1v) is 10.2. The fourth-order valence-corrected chi connectivity index (χ4v) is 4.05. The van der Waals surface area contributed by atoms with E-state index in [-0.39, 0.29) is 12.1 Å². The third-order valence-corrected chi connectivity index (χ3v) is 5.48. The SMILES string of the molecule is COc1ccccc1NC(=S)N[C@@H](C)[C@@H](c1ccccc1)N1CCN(C)CC1. The number of benzene rings is 2. The molecule has 2 atom stereocenters. The zero-order chi connectivity index (χ0) is 19.9. The molecule has 3 rings (SSSR count). The van der Waals surface area contributed by atoms with Gasteiger partial charge in [-0.1, -0.05) is 42.5 Å². The molecule has 5 nitrogen and oxygen atoms in total. The van der Waals surface area contributed by atoms with Crippen molar-refractivity contribution in [3.63, 3.8) is 0 Å². The van der Waals surface area contributed by atoms with Gasteiger partial charge in [-0.05, 0) is 43.9 Å². The van der Waals surface area contributed by atoms with Crippen LogP contribution in [0.5, 0.6) is 5.75 Å². The van der Waals surface area contributed by atoms with Crippen molar-refractivity contribution < 1.29 is 4.74 Å². The summed E-state index contributed by atoms with van der Waals surface area (Å²) in [6.07, 6.45) is 0. The summed E-state index contributed by atoms with van der Waals surface area (Å²) in [5, 5.41) is 7.38. The number of hydrogen-bond donors (Lipinski definition) is 2. The van der Waals surface area contributed by atoms with Gasteiger partial charge in [0.1, 0.15) is 5.75 Å². The van der Waals surface area contributed by atoms with Crippen LogP contribution < -0.4 is 15.4 Å². The van der Waals surface area contributed by atoms with Gasteiger partial charge in [0.15, 0.2) is 5.11 Å². The predicted octanol–water partition coefficient (Wildman–Crippen LogP) is 3.36. The monoisotopic (exact) mass is 398 g/mol. The highest BCUT2D eigenvalue weighted by Crippen LogP contribution is 2.26. The van der Waals surface area contributed by atoms with Crippen molar-refractivity contribution in [2.45, 2.75) is 19.0 Å². The predicted molar refractivity (Wildman–Crippen MR) is 120 cm³/mol. The molecule has 1 aliphatic heterocycles. The quantitative estimate of drug-likeness (QED) is 0.727. The van der Waals surface area contributed by atoms with Crippen molar-refractivity contribution in [2.75, 3.05) is 45.7 Å². The van der Waals surface area contributed by atoms with E-state index in [0.717, 1.165) is 37.6 Å². The lowest BCUT2D eigenvalue weighted by molar-refractivity contribution is 0.0973. The van der Waals surface area contributed by atoms with Gasteiger partial charge < -0.3 is 20.3 Å². The van der Waals surface area contributed by atoms with Gasteiger partial charge in [0.05, 0.1) is 18.8 Å². The molecule has 0 radical (unpaired) electrons. The molecule has 0 saturated carbocycles. The first-order chi connectivity index (χ1) is 13.6. The van der Waals surface area contributed by atoms with Crippen LogP contribution in [-0.2, 0) is 0 Å². The fourth-order valence-electron chi connectivity index (χ4n) is 3.76. The zero-order valence-corrected chi connectivity index (χ0v) is 17.7. The van der Waals surface area contributed by atoms with E-state index in [1.54, 1.807) is 7.11 Å². The lowest BCUT2D eigenvalue weighted by Gasteiger charge is -2.41. The Morgan fingerprint density at radius 3 is 2.32 bits per heavy atom. The number of anilines is 1. The molecule has 2 aromatic rings. The Kier molecular flexibility index (Phi) is 7.25. The van der Waals surface area contributed by atoms with Crippen molar-refractivity contribution in [3.8, 4) is 5.75 Å². The summed E-state index contributed by atoms with van der Waals surface area (Å²) in [6.45, 7) is 6.47. The number of ether oxygens (including phenoxy) is 1. The Balaban J connectivity index is 1.72. The van der Waals surface area contributed by atoms with Gasteiger partial charge in [0.2, 0.25) is 0 Å². The molecule has 0 aliphatic carbocycles. The molecule has 0 aromatic heterocycles. The molecular formula is C22H30N4OS. The maximum atomic E-state index is 5.60. The van der Waals surface area contributed by atoms with Crippen LogP contribution in [0.2, 0.25) is 0 Å². The fraction of sp³-hybridized carbons (Fsp3) is 0.409. The first-order valence-electron chi connectivity index (χ1n) is 9.76. The maximum Gasteiger partial charge on any atom is 0.171 e. The van der Waals surface area contributed by atoms with Crippen LogP contribution in [-0.4, -0.2) is 61.3 Å². The molecule has 1 saturated heterocycles. The number of likely N-dealkylation sites (N-methyl/N-ethyl adjacent to an activating group) is 1. The van der Waals surface area contributed by atoms with E-state index in [1.165, 1.54) is 5.56 Å². The first kappa shape index (κ1) is 20.6. The molecular weight excluding hydrogens is 368 g/mol. The molecule has 0 amide bonds. The molecule has 28 heavy (non-hydrogen) atoms. The van der Waals surface area contributed by atoms with Gasteiger partial charge in [0, 0.05) is 32.2 Å². The van der Waals surface area contributed by atoms with Gasteiger partial charge in [-0.25, -0.2) is 0 Å². The van der Waals surface area contributed by atoms with E-state index in [2.05, 4.69) is 64.7 Å². The molecule has 150 valence electrons. The smallest absolute Gasteiger partial charge is 0.171 e. The number of methoxy groups -OCH3 is 1. The average Bonchev–Trinajstić information content (AvgIpc) is 2.71. The number of rotatable bonds is 6. The lowest BCUT2D eigenvalue weighted by atomic mass is 9.98. The number of nitrogens with one attached hydrogen (secondary N) is 2. The number of piperazine rings is 1.